The van der Waals surface area contributed by atoms with Crippen LogP contribution in [0.3, 0.4) is 0 Å². The normalized spacial score (nSPS) is 20.7. The lowest BCUT2D eigenvalue weighted by Gasteiger charge is -2.30. The van der Waals surface area contributed by atoms with Crippen LogP contribution >= 0.6 is 23.7 Å². The number of pyridine rings is 1. The molecule has 5 heterocycles. The molecule has 0 radical (unpaired) electrons. The Hall–Kier alpha value is -3.84. The molecule has 2 unspecified atom stereocenters. The van der Waals surface area contributed by atoms with Crippen molar-refractivity contribution >= 4 is 41.4 Å². The number of β-amino-alcohol motifs (C(OH)–C–C–N with tert-alkyl or cyclic N) is 1. The number of aliphatic hydroxyl groups is 1. The molecule has 2 fully saturated rings. The fourth-order valence-electron chi connectivity index (χ4n) is 6.48. The smallest absolute Gasteiger partial charge is 0.248 e. The van der Waals surface area contributed by atoms with E-state index in [-0.39, 0.29) is 55.2 Å². The Morgan fingerprint density at radius 1 is 1.06 bits per heavy atom. The average molecular weight is 679 g/mol. The number of hydrogen-bond acceptors (Lipinski definition) is 9. The number of amides is 2. The van der Waals surface area contributed by atoms with Crippen LogP contribution in [0.5, 0.6) is 0 Å². The number of hydrogen-bond donors (Lipinski definition) is 3. The van der Waals surface area contributed by atoms with E-state index in [4.69, 9.17) is 5.73 Å². The van der Waals surface area contributed by atoms with E-state index in [1.54, 1.807) is 28.4 Å². The van der Waals surface area contributed by atoms with Gasteiger partial charge in [0.2, 0.25) is 11.8 Å². The predicted octanol–water partition coefficient (Wildman–Crippen LogP) is 4.37. The second-order valence-corrected chi connectivity index (χ2v) is 13.7. The number of carbonyl (C=O) groups excluding carboxylic acids is 2. The lowest BCUT2D eigenvalue weighted by Crippen LogP contribution is -2.49. The molecule has 4 aromatic rings. The zero-order valence-corrected chi connectivity index (χ0v) is 28.7. The van der Waals surface area contributed by atoms with Crippen molar-refractivity contribution in [3.05, 3.63) is 71.8 Å². The van der Waals surface area contributed by atoms with Gasteiger partial charge in [0.15, 0.2) is 0 Å². The summed E-state index contributed by atoms with van der Waals surface area (Å²) in [4.78, 5) is 41.4. The molecule has 250 valence electrons. The monoisotopic (exact) mass is 678 g/mol. The number of nitrogens with one attached hydrogen (secondary N) is 1. The summed E-state index contributed by atoms with van der Waals surface area (Å²) in [5.41, 5.74) is 12.8. The molecule has 1 aromatic carbocycles. The molecule has 6 rings (SSSR count). The van der Waals surface area contributed by atoms with Crippen LogP contribution in [0.2, 0.25) is 0 Å². The number of thiazole rings is 1. The molecule has 2 aliphatic rings. The third-order valence-electron chi connectivity index (χ3n) is 9.04. The minimum absolute atomic E-state index is 0. The molecule has 4 N–H and O–H groups in total. The van der Waals surface area contributed by atoms with E-state index in [1.807, 2.05) is 75.8 Å². The van der Waals surface area contributed by atoms with Crippen LogP contribution in [0.15, 0.2) is 60.5 Å². The van der Waals surface area contributed by atoms with Gasteiger partial charge in [-0.1, -0.05) is 38.1 Å². The van der Waals surface area contributed by atoms with Crippen LogP contribution in [0.25, 0.3) is 21.6 Å². The number of aryl methyl sites for hydroxylation is 1. The van der Waals surface area contributed by atoms with E-state index in [2.05, 4.69) is 25.3 Å². The summed E-state index contributed by atoms with van der Waals surface area (Å²) in [7, 11) is 0. The maximum absolute atomic E-state index is 14.1. The van der Waals surface area contributed by atoms with Crippen molar-refractivity contribution in [3.63, 3.8) is 0 Å². The molecule has 2 aliphatic heterocycles. The zero-order chi connectivity index (χ0) is 32.5. The maximum atomic E-state index is 14.1. The molecular weight excluding hydrogens is 636 g/mol. The molecule has 2 amide bonds. The Bertz CT molecular complexity index is 1690. The molecule has 0 spiro atoms. The molecule has 0 saturated carbocycles. The summed E-state index contributed by atoms with van der Waals surface area (Å²) in [6.45, 7) is 9.58. The lowest BCUT2D eigenvalue weighted by molar-refractivity contribution is -0.142. The molecule has 5 atom stereocenters. The molecule has 2 saturated heterocycles. The van der Waals surface area contributed by atoms with Gasteiger partial charge in [0, 0.05) is 50.1 Å². The number of nitrogens with two attached hydrogens (primary N) is 1. The summed E-state index contributed by atoms with van der Waals surface area (Å²) in [6.07, 6.45) is 5.74. The van der Waals surface area contributed by atoms with E-state index in [1.165, 1.54) is 4.90 Å². The zero-order valence-electron chi connectivity index (χ0n) is 27.1. The van der Waals surface area contributed by atoms with Gasteiger partial charge in [-0.25, -0.2) is 9.97 Å². The number of rotatable bonds is 9. The van der Waals surface area contributed by atoms with Crippen LogP contribution in [0, 0.1) is 12.8 Å². The summed E-state index contributed by atoms with van der Waals surface area (Å²) in [5, 5.41) is 18.3. The summed E-state index contributed by atoms with van der Waals surface area (Å²) >= 11 is 1.60. The van der Waals surface area contributed by atoms with Gasteiger partial charge in [-0.15, -0.1) is 23.7 Å². The first-order valence-corrected chi connectivity index (χ1v) is 16.8. The fourth-order valence-corrected chi connectivity index (χ4v) is 7.29. The van der Waals surface area contributed by atoms with Crippen LogP contribution in [-0.4, -0.2) is 79.4 Å². The largest absolute Gasteiger partial charge is 0.391 e. The molecule has 11 nitrogen and oxygen atoms in total. The van der Waals surface area contributed by atoms with E-state index in [9.17, 15) is 14.7 Å². The first-order chi connectivity index (χ1) is 22.1. The van der Waals surface area contributed by atoms with Crippen molar-refractivity contribution in [1.29, 1.82) is 0 Å². The fraction of sp³-hybridized carbons (Fsp3) is 0.441. The molecule has 3 aromatic heterocycles. The van der Waals surface area contributed by atoms with Crippen molar-refractivity contribution in [2.45, 2.75) is 70.8 Å². The number of aliphatic hydroxyl groups excluding tert-OH is 1. The minimum atomic E-state index is -0.785. The lowest BCUT2D eigenvalue weighted by atomic mass is 10.0. The Kier molecular flexibility index (Phi) is 10.6. The van der Waals surface area contributed by atoms with Crippen molar-refractivity contribution in [2.75, 3.05) is 24.5 Å². The van der Waals surface area contributed by atoms with E-state index >= 15 is 0 Å². The number of carbonyl (C=O) groups is 2. The number of likely N-dealkylation sites (tertiary alicyclic amines) is 1. The highest BCUT2D eigenvalue weighted by Gasteiger charge is 2.43. The van der Waals surface area contributed by atoms with Crippen LogP contribution in [-0.2, 0) is 9.59 Å². The summed E-state index contributed by atoms with van der Waals surface area (Å²) in [6, 6.07) is 10.5. The Morgan fingerprint density at radius 2 is 1.83 bits per heavy atom. The number of anilines is 1. The average Bonchev–Trinajstić information content (AvgIpc) is 3.85. The maximum Gasteiger partial charge on any atom is 0.248 e. The van der Waals surface area contributed by atoms with Gasteiger partial charge in [-0.05, 0) is 55.0 Å². The number of nitrogens with zero attached hydrogens (tertiary/aromatic N) is 6. The van der Waals surface area contributed by atoms with Crippen LogP contribution < -0.4 is 16.0 Å². The molecule has 47 heavy (non-hydrogen) atoms. The second-order valence-electron chi connectivity index (χ2n) is 12.8. The van der Waals surface area contributed by atoms with E-state index in [0.717, 1.165) is 58.2 Å². The van der Waals surface area contributed by atoms with Crippen LogP contribution in [0.4, 0.5) is 5.82 Å². The Labute approximate surface area is 285 Å². The van der Waals surface area contributed by atoms with Crippen molar-refractivity contribution in [1.82, 2.24) is 30.0 Å². The van der Waals surface area contributed by atoms with Gasteiger partial charge >= 0.3 is 0 Å². The predicted molar refractivity (Wildman–Crippen MR) is 186 cm³/mol. The molecule has 0 aliphatic carbocycles. The highest BCUT2D eigenvalue weighted by Crippen LogP contribution is 2.31. The van der Waals surface area contributed by atoms with Crippen molar-refractivity contribution in [3.8, 4) is 21.6 Å². The highest BCUT2D eigenvalue weighted by atomic mass is 35.5. The quantitative estimate of drug-likeness (QED) is 0.237. The van der Waals surface area contributed by atoms with Crippen molar-refractivity contribution < 1.29 is 14.7 Å². The van der Waals surface area contributed by atoms with E-state index in [0.29, 0.717) is 0 Å². The van der Waals surface area contributed by atoms with Gasteiger partial charge in [-0.3, -0.25) is 14.3 Å². The second kappa shape index (κ2) is 14.5. The number of benzene rings is 1. The Balaban J connectivity index is 0.00000433. The third-order valence-corrected chi connectivity index (χ3v) is 10.0. The van der Waals surface area contributed by atoms with Crippen LogP contribution in [0.1, 0.15) is 57.0 Å². The van der Waals surface area contributed by atoms with Gasteiger partial charge in [0.05, 0.1) is 34.4 Å². The van der Waals surface area contributed by atoms with Gasteiger partial charge in [0.1, 0.15) is 17.9 Å². The summed E-state index contributed by atoms with van der Waals surface area (Å²) < 4.78 is 1.68. The number of aromatic nitrogens is 4. The topological polar surface area (TPSA) is 142 Å². The highest BCUT2D eigenvalue weighted by molar-refractivity contribution is 7.13. The number of halogens is 1. The van der Waals surface area contributed by atoms with Gasteiger partial charge in [0.25, 0.3) is 0 Å². The SMILES string of the molecule is Cc1ncsc1-c1ccc(C(C)NC(=O)[C@@H]2C[C@@H](O)CN2C(=O)C(C(C)C)n2cc(-c3ccnc(N4CC[C@H](N)C4)c3)cn2)cc1.Cl. The minimum Gasteiger partial charge on any atom is -0.391 e. The standard InChI is InChI=1S/C34H42N8O3S.ClH/c1-20(2)31(42-16-26(15-38-42)25-9-11-36-30(13-25)40-12-10-27(35)17-40)34(45)41-18-28(43)14-29(41)33(44)39-21(3)23-5-7-24(8-6-23)32-22(4)37-19-46-32;/h5-9,11,13,15-16,19-21,27-29,31,43H,10,12,14,17-18,35H2,1-4H3,(H,39,44);1H/t21?,27-,28+,29-,31?;/m0./s1. The van der Waals surface area contributed by atoms with Crippen molar-refractivity contribution in [2.24, 2.45) is 11.7 Å². The molecule has 13 heteroatoms. The third kappa shape index (κ3) is 7.35. The first kappa shape index (κ1) is 34.5. The van der Waals surface area contributed by atoms with Gasteiger partial charge in [-0.2, -0.15) is 5.10 Å². The summed E-state index contributed by atoms with van der Waals surface area (Å²) in [5.74, 6) is 0.240. The Morgan fingerprint density at radius 3 is 2.49 bits per heavy atom. The molecule has 0 bridgehead atoms. The van der Waals surface area contributed by atoms with E-state index < -0.39 is 18.2 Å². The molecular formula is C34H43ClN8O3S. The van der Waals surface area contributed by atoms with Gasteiger partial charge < -0.3 is 26.0 Å². The first-order valence-electron chi connectivity index (χ1n) is 15.9.